The molecule has 0 unspecified atom stereocenters. The van der Waals surface area contributed by atoms with E-state index < -0.39 is 5.97 Å². The molecule has 5 heteroatoms. The molecular formula is C12H10N2O3. The van der Waals surface area contributed by atoms with Crippen LogP contribution in [0.1, 0.15) is 16.1 Å². The number of phenols is 1. The van der Waals surface area contributed by atoms with Crippen LogP contribution in [0.4, 0.5) is 0 Å². The average molecular weight is 230 g/mol. The van der Waals surface area contributed by atoms with Gasteiger partial charge in [-0.05, 0) is 12.1 Å². The summed E-state index contributed by atoms with van der Waals surface area (Å²) in [5.41, 5.74) is 0.741. The number of aromatic hydroxyl groups is 1. The van der Waals surface area contributed by atoms with Crippen molar-refractivity contribution < 1.29 is 14.6 Å². The number of rotatable bonds is 3. The van der Waals surface area contributed by atoms with Crippen LogP contribution in [0.2, 0.25) is 0 Å². The second kappa shape index (κ2) is 5.07. The maximum atomic E-state index is 11.5. The highest BCUT2D eigenvalue weighted by Crippen LogP contribution is 2.16. The van der Waals surface area contributed by atoms with E-state index in [1.165, 1.54) is 24.7 Å². The highest BCUT2D eigenvalue weighted by Gasteiger charge is 2.09. The van der Waals surface area contributed by atoms with Crippen LogP contribution in [0.3, 0.4) is 0 Å². The molecule has 1 aromatic heterocycles. The molecule has 0 atom stereocenters. The van der Waals surface area contributed by atoms with E-state index in [9.17, 15) is 9.90 Å². The Morgan fingerprint density at radius 3 is 2.82 bits per heavy atom. The maximum Gasteiger partial charge on any atom is 0.357 e. The minimum absolute atomic E-state index is 0.00943. The molecule has 0 radical (unpaired) electrons. The summed E-state index contributed by atoms with van der Waals surface area (Å²) in [7, 11) is 0. The first-order chi connectivity index (χ1) is 8.27. The van der Waals surface area contributed by atoms with Crippen molar-refractivity contribution in [3.05, 3.63) is 54.1 Å². The predicted octanol–water partition coefficient (Wildman–Crippen LogP) is 1.54. The number of carbonyl (C=O) groups excluding carboxylic acids is 1. The van der Waals surface area contributed by atoms with Crippen LogP contribution in [0.25, 0.3) is 0 Å². The lowest BCUT2D eigenvalue weighted by Gasteiger charge is -2.05. The highest BCUT2D eigenvalue weighted by molar-refractivity contribution is 5.86. The van der Waals surface area contributed by atoms with Gasteiger partial charge < -0.3 is 9.84 Å². The van der Waals surface area contributed by atoms with E-state index in [4.69, 9.17) is 4.74 Å². The smallest absolute Gasteiger partial charge is 0.357 e. The molecule has 0 aliphatic heterocycles. The summed E-state index contributed by atoms with van der Waals surface area (Å²) in [5.74, 6) is -0.446. The Bertz CT molecular complexity index is 514. The van der Waals surface area contributed by atoms with Crippen LogP contribution < -0.4 is 0 Å². The lowest BCUT2D eigenvalue weighted by molar-refractivity contribution is 0.0463. The zero-order chi connectivity index (χ0) is 12.1. The number of nitrogens with zero attached hydrogens (tertiary/aromatic N) is 2. The second-order valence-corrected chi connectivity index (χ2v) is 3.30. The van der Waals surface area contributed by atoms with Gasteiger partial charge in [0.25, 0.3) is 0 Å². The Balaban J connectivity index is 2.00. The molecule has 2 aromatic rings. The van der Waals surface area contributed by atoms with Crippen LogP contribution in [-0.2, 0) is 11.3 Å². The third kappa shape index (κ3) is 2.78. The largest absolute Gasteiger partial charge is 0.508 e. The third-order valence-corrected chi connectivity index (χ3v) is 2.14. The summed E-state index contributed by atoms with van der Waals surface area (Å²) in [6.45, 7) is 0.00943. The molecule has 0 saturated heterocycles. The molecule has 0 amide bonds. The molecule has 17 heavy (non-hydrogen) atoms. The molecule has 86 valence electrons. The molecule has 1 N–H and O–H groups in total. The lowest BCUT2D eigenvalue weighted by Crippen LogP contribution is -2.07. The van der Waals surface area contributed by atoms with Crippen molar-refractivity contribution in [3.8, 4) is 5.75 Å². The molecule has 0 bridgehead atoms. The van der Waals surface area contributed by atoms with Gasteiger partial charge in [0, 0.05) is 11.8 Å². The fraction of sp³-hybridized carbons (Fsp3) is 0.0833. The Morgan fingerprint density at radius 2 is 2.12 bits per heavy atom. The Morgan fingerprint density at radius 1 is 1.29 bits per heavy atom. The van der Waals surface area contributed by atoms with Crippen LogP contribution in [0.5, 0.6) is 5.75 Å². The van der Waals surface area contributed by atoms with Gasteiger partial charge in [0.05, 0.1) is 0 Å². The third-order valence-electron chi connectivity index (χ3n) is 2.14. The van der Waals surface area contributed by atoms with Crippen molar-refractivity contribution in [2.45, 2.75) is 6.61 Å². The van der Waals surface area contributed by atoms with Crippen LogP contribution in [0.15, 0.2) is 42.9 Å². The van der Waals surface area contributed by atoms with E-state index in [-0.39, 0.29) is 18.1 Å². The van der Waals surface area contributed by atoms with Crippen molar-refractivity contribution in [2.75, 3.05) is 0 Å². The van der Waals surface area contributed by atoms with E-state index >= 15 is 0 Å². The summed E-state index contributed by atoms with van der Waals surface area (Å²) in [6.07, 6.45) is 2.74. The van der Waals surface area contributed by atoms with Gasteiger partial charge in [-0.2, -0.15) is 0 Å². The number of ether oxygens (including phenoxy) is 1. The SMILES string of the molecule is O=C(OCc1ccccc1O)c1ccncn1. The zero-order valence-electron chi connectivity index (χ0n) is 8.91. The van der Waals surface area contributed by atoms with Gasteiger partial charge in [0.15, 0.2) is 5.69 Å². The zero-order valence-corrected chi connectivity index (χ0v) is 8.91. The lowest BCUT2D eigenvalue weighted by atomic mass is 10.2. The van der Waals surface area contributed by atoms with Crippen LogP contribution in [-0.4, -0.2) is 21.0 Å². The van der Waals surface area contributed by atoms with Gasteiger partial charge in [-0.1, -0.05) is 18.2 Å². The topological polar surface area (TPSA) is 72.3 Å². The van der Waals surface area contributed by atoms with E-state index in [2.05, 4.69) is 9.97 Å². The number of benzene rings is 1. The van der Waals surface area contributed by atoms with Gasteiger partial charge in [0.2, 0.25) is 0 Å². The van der Waals surface area contributed by atoms with Crippen LogP contribution in [0, 0.1) is 0 Å². The molecule has 0 spiro atoms. The van der Waals surface area contributed by atoms with E-state index in [0.29, 0.717) is 5.56 Å². The Labute approximate surface area is 97.7 Å². The van der Waals surface area contributed by atoms with E-state index in [1.807, 2.05) is 0 Å². The highest BCUT2D eigenvalue weighted by atomic mass is 16.5. The molecule has 0 saturated carbocycles. The van der Waals surface area contributed by atoms with Gasteiger partial charge >= 0.3 is 5.97 Å². The van der Waals surface area contributed by atoms with Gasteiger partial charge in [-0.25, -0.2) is 14.8 Å². The standard InChI is InChI=1S/C12H10N2O3/c15-11-4-2-1-3-9(11)7-17-12(16)10-5-6-13-8-14-10/h1-6,8,15H,7H2. The molecule has 0 fully saturated rings. The van der Waals surface area contributed by atoms with Gasteiger partial charge in [0.1, 0.15) is 18.7 Å². The Hall–Kier alpha value is -2.43. The number of esters is 1. The first kappa shape index (κ1) is 11.1. The molecule has 0 aliphatic rings. The predicted molar refractivity (Wildman–Crippen MR) is 59.3 cm³/mol. The number of carbonyl (C=O) groups is 1. The molecule has 5 nitrogen and oxygen atoms in total. The average Bonchev–Trinajstić information content (AvgIpc) is 2.38. The number of hydrogen-bond donors (Lipinski definition) is 1. The number of aromatic nitrogens is 2. The normalized spacial score (nSPS) is 9.88. The quantitative estimate of drug-likeness (QED) is 0.809. The monoisotopic (exact) mass is 230 g/mol. The summed E-state index contributed by atoms with van der Waals surface area (Å²) >= 11 is 0. The molecule has 1 aromatic carbocycles. The first-order valence-corrected chi connectivity index (χ1v) is 4.97. The second-order valence-electron chi connectivity index (χ2n) is 3.30. The molecule has 2 rings (SSSR count). The number of para-hydroxylation sites is 1. The fourth-order valence-corrected chi connectivity index (χ4v) is 1.26. The van der Waals surface area contributed by atoms with E-state index in [1.54, 1.807) is 18.2 Å². The van der Waals surface area contributed by atoms with Gasteiger partial charge in [-0.15, -0.1) is 0 Å². The Kier molecular flexibility index (Phi) is 3.30. The van der Waals surface area contributed by atoms with Crippen molar-refractivity contribution >= 4 is 5.97 Å². The summed E-state index contributed by atoms with van der Waals surface area (Å²) in [4.78, 5) is 19.0. The number of phenolic OH excluding ortho intramolecular Hbond substituents is 1. The van der Waals surface area contributed by atoms with Crippen molar-refractivity contribution in [1.29, 1.82) is 0 Å². The summed E-state index contributed by atoms with van der Waals surface area (Å²) in [6, 6.07) is 8.14. The minimum Gasteiger partial charge on any atom is -0.508 e. The minimum atomic E-state index is -0.546. The summed E-state index contributed by atoms with van der Waals surface area (Å²) < 4.78 is 5.01. The fourth-order valence-electron chi connectivity index (χ4n) is 1.26. The van der Waals surface area contributed by atoms with Crippen LogP contribution >= 0.6 is 0 Å². The van der Waals surface area contributed by atoms with Crippen molar-refractivity contribution in [2.24, 2.45) is 0 Å². The molecule has 1 heterocycles. The van der Waals surface area contributed by atoms with Gasteiger partial charge in [-0.3, -0.25) is 0 Å². The summed E-state index contributed by atoms with van der Waals surface area (Å²) in [5, 5.41) is 9.48. The van der Waals surface area contributed by atoms with Crippen molar-refractivity contribution in [3.63, 3.8) is 0 Å². The van der Waals surface area contributed by atoms with Crippen molar-refractivity contribution in [1.82, 2.24) is 9.97 Å². The maximum absolute atomic E-state index is 11.5. The number of hydrogen-bond acceptors (Lipinski definition) is 5. The molecular weight excluding hydrogens is 220 g/mol. The first-order valence-electron chi connectivity index (χ1n) is 4.97. The van der Waals surface area contributed by atoms with E-state index in [0.717, 1.165) is 0 Å². The molecule has 0 aliphatic carbocycles.